The first-order valence-corrected chi connectivity index (χ1v) is 6.48. The summed E-state index contributed by atoms with van der Waals surface area (Å²) in [6, 6.07) is 0.438. The van der Waals surface area contributed by atoms with E-state index in [1.807, 2.05) is 14.0 Å². The maximum Gasteiger partial charge on any atom is 0.237 e. The van der Waals surface area contributed by atoms with Crippen molar-refractivity contribution in [3.8, 4) is 0 Å². The lowest BCUT2D eigenvalue weighted by Crippen LogP contribution is -2.47. The standard InChI is InChI=1S/C13H25N3O/c1-4-8-15-13(17)11(2)16(3)12-6-5-9-14-10-7-12/h4,11-12,14H,1,5-10H2,2-3H3,(H,15,17). The van der Waals surface area contributed by atoms with Crippen molar-refractivity contribution in [3.05, 3.63) is 12.7 Å². The Morgan fingerprint density at radius 2 is 2.35 bits per heavy atom. The molecule has 1 saturated heterocycles. The van der Waals surface area contributed by atoms with Crippen LogP contribution in [0, 0.1) is 0 Å². The van der Waals surface area contributed by atoms with Gasteiger partial charge in [-0.25, -0.2) is 0 Å². The van der Waals surface area contributed by atoms with Crippen molar-refractivity contribution in [2.24, 2.45) is 0 Å². The van der Waals surface area contributed by atoms with Crippen LogP contribution in [0.3, 0.4) is 0 Å². The summed E-state index contributed by atoms with van der Waals surface area (Å²) < 4.78 is 0. The number of carbonyl (C=O) groups is 1. The zero-order chi connectivity index (χ0) is 12.7. The van der Waals surface area contributed by atoms with E-state index in [-0.39, 0.29) is 11.9 Å². The van der Waals surface area contributed by atoms with E-state index >= 15 is 0 Å². The Kier molecular flexibility index (Phi) is 6.22. The Labute approximate surface area is 104 Å². The van der Waals surface area contributed by atoms with Gasteiger partial charge in [0.05, 0.1) is 6.04 Å². The van der Waals surface area contributed by atoms with Crippen molar-refractivity contribution in [2.45, 2.75) is 38.3 Å². The molecule has 2 N–H and O–H groups in total. The molecule has 1 heterocycles. The zero-order valence-electron chi connectivity index (χ0n) is 11.0. The lowest BCUT2D eigenvalue weighted by atomic mass is 10.1. The minimum atomic E-state index is -0.0713. The number of hydrogen-bond donors (Lipinski definition) is 2. The minimum Gasteiger partial charge on any atom is -0.351 e. The summed E-state index contributed by atoms with van der Waals surface area (Å²) >= 11 is 0. The van der Waals surface area contributed by atoms with Gasteiger partial charge in [0.15, 0.2) is 0 Å². The van der Waals surface area contributed by atoms with Gasteiger partial charge in [-0.2, -0.15) is 0 Å². The molecule has 0 aromatic rings. The van der Waals surface area contributed by atoms with Gasteiger partial charge in [-0.1, -0.05) is 6.08 Å². The second-order valence-corrected chi connectivity index (χ2v) is 4.71. The number of carbonyl (C=O) groups excluding carboxylic acids is 1. The lowest BCUT2D eigenvalue weighted by molar-refractivity contribution is -0.126. The monoisotopic (exact) mass is 239 g/mol. The molecule has 1 amide bonds. The predicted octanol–water partition coefficient (Wildman–Crippen LogP) is 0.751. The molecule has 0 radical (unpaired) electrons. The van der Waals surface area contributed by atoms with E-state index in [4.69, 9.17) is 0 Å². The number of hydrogen-bond acceptors (Lipinski definition) is 3. The molecule has 0 bridgehead atoms. The predicted molar refractivity (Wildman–Crippen MR) is 70.9 cm³/mol. The van der Waals surface area contributed by atoms with E-state index in [0.717, 1.165) is 19.5 Å². The topological polar surface area (TPSA) is 44.4 Å². The first-order chi connectivity index (χ1) is 8.16. The molecule has 1 rings (SSSR count). The summed E-state index contributed by atoms with van der Waals surface area (Å²) in [5.74, 6) is 0.0876. The molecule has 0 aromatic carbocycles. The van der Waals surface area contributed by atoms with Crippen LogP contribution < -0.4 is 10.6 Å². The second kappa shape index (κ2) is 7.45. The molecule has 98 valence electrons. The molecular formula is C13H25N3O. The summed E-state index contributed by atoms with van der Waals surface area (Å²) in [5.41, 5.74) is 0. The molecule has 0 aliphatic carbocycles. The third kappa shape index (κ3) is 4.48. The van der Waals surface area contributed by atoms with Gasteiger partial charge in [-0.05, 0) is 46.3 Å². The smallest absolute Gasteiger partial charge is 0.237 e. The molecule has 4 heteroatoms. The van der Waals surface area contributed by atoms with Crippen LogP contribution in [0.4, 0.5) is 0 Å². The molecular weight excluding hydrogens is 214 g/mol. The van der Waals surface area contributed by atoms with Gasteiger partial charge < -0.3 is 10.6 Å². The highest BCUT2D eigenvalue weighted by atomic mass is 16.2. The maximum atomic E-state index is 11.9. The number of nitrogens with one attached hydrogen (secondary N) is 2. The molecule has 2 unspecified atom stereocenters. The molecule has 4 nitrogen and oxygen atoms in total. The SMILES string of the molecule is C=CCNC(=O)C(C)N(C)C1CCCNCC1. The normalized spacial score (nSPS) is 22.9. The summed E-state index contributed by atoms with van der Waals surface area (Å²) in [6.45, 7) is 8.27. The summed E-state index contributed by atoms with van der Waals surface area (Å²) in [6.07, 6.45) is 5.19. The van der Waals surface area contributed by atoms with E-state index < -0.39 is 0 Å². The highest BCUT2D eigenvalue weighted by Crippen LogP contribution is 2.14. The number of likely N-dealkylation sites (N-methyl/N-ethyl adjacent to an activating group) is 1. The van der Waals surface area contributed by atoms with Crippen molar-refractivity contribution >= 4 is 5.91 Å². The van der Waals surface area contributed by atoms with Gasteiger partial charge in [-0.15, -0.1) is 6.58 Å². The quantitative estimate of drug-likeness (QED) is 0.696. The Morgan fingerprint density at radius 1 is 1.59 bits per heavy atom. The summed E-state index contributed by atoms with van der Waals surface area (Å²) in [5, 5.41) is 6.25. The van der Waals surface area contributed by atoms with E-state index in [2.05, 4.69) is 22.1 Å². The lowest BCUT2D eigenvalue weighted by Gasteiger charge is -2.31. The highest BCUT2D eigenvalue weighted by molar-refractivity contribution is 5.81. The summed E-state index contributed by atoms with van der Waals surface area (Å²) in [7, 11) is 2.05. The van der Waals surface area contributed by atoms with Crippen molar-refractivity contribution in [3.63, 3.8) is 0 Å². The number of amides is 1. The third-order valence-corrected chi connectivity index (χ3v) is 3.53. The van der Waals surface area contributed by atoms with Crippen LogP contribution in [0.5, 0.6) is 0 Å². The first kappa shape index (κ1) is 14.2. The van der Waals surface area contributed by atoms with Crippen LogP contribution >= 0.6 is 0 Å². The fraction of sp³-hybridized carbons (Fsp3) is 0.769. The molecule has 0 saturated carbocycles. The van der Waals surface area contributed by atoms with Crippen LogP contribution in [-0.2, 0) is 4.79 Å². The largest absolute Gasteiger partial charge is 0.351 e. The molecule has 2 atom stereocenters. The average Bonchev–Trinajstić information content (AvgIpc) is 2.62. The Balaban J connectivity index is 2.45. The molecule has 17 heavy (non-hydrogen) atoms. The van der Waals surface area contributed by atoms with Crippen molar-refractivity contribution in [1.29, 1.82) is 0 Å². The minimum absolute atomic E-state index is 0.0713. The van der Waals surface area contributed by atoms with Crippen LogP contribution in [0.15, 0.2) is 12.7 Å². The van der Waals surface area contributed by atoms with Gasteiger partial charge in [0.2, 0.25) is 5.91 Å². The number of rotatable bonds is 5. The van der Waals surface area contributed by atoms with Gasteiger partial charge >= 0.3 is 0 Å². The molecule has 1 aliphatic heterocycles. The second-order valence-electron chi connectivity index (χ2n) is 4.71. The van der Waals surface area contributed by atoms with Gasteiger partial charge in [-0.3, -0.25) is 9.69 Å². The van der Waals surface area contributed by atoms with Crippen LogP contribution in [-0.4, -0.2) is 49.6 Å². The van der Waals surface area contributed by atoms with Crippen molar-refractivity contribution in [2.75, 3.05) is 26.7 Å². The number of nitrogens with zero attached hydrogens (tertiary/aromatic N) is 1. The fourth-order valence-electron chi connectivity index (χ4n) is 2.23. The van der Waals surface area contributed by atoms with E-state index in [9.17, 15) is 4.79 Å². The van der Waals surface area contributed by atoms with Gasteiger partial charge in [0, 0.05) is 12.6 Å². The average molecular weight is 239 g/mol. The van der Waals surface area contributed by atoms with Gasteiger partial charge in [0.1, 0.15) is 0 Å². The Morgan fingerprint density at radius 3 is 3.06 bits per heavy atom. The van der Waals surface area contributed by atoms with Crippen molar-refractivity contribution in [1.82, 2.24) is 15.5 Å². The first-order valence-electron chi connectivity index (χ1n) is 6.48. The summed E-state index contributed by atoms with van der Waals surface area (Å²) in [4.78, 5) is 14.1. The third-order valence-electron chi connectivity index (χ3n) is 3.53. The molecule has 0 aromatic heterocycles. The van der Waals surface area contributed by atoms with E-state index in [1.165, 1.54) is 12.8 Å². The molecule has 1 fully saturated rings. The van der Waals surface area contributed by atoms with Crippen LogP contribution in [0.1, 0.15) is 26.2 Å². The highest BCUT2D eigenvalue weighted by Gasteiger charge is 2.24. The van der Waals surface area contributed by atoms with E-state index in [1.54, 1.807) is 6.08 Å². The fourth-order valence-corrected chi connectivity index (χ4v) is 2.23. The molecule has 1 aliphatic rings. The van der Waals surface area contributed by atoms with Crippen LogP contribution in [0.25, 0.3) is 0 Å². The van der Waals surface area contributed by atoms with Crippen LogP contribution in [0.2, 0.25) is 0 Å². The Hall–Kier alpha value is -0.870. The van der Waals surface area contributed by atoms with Gasteiger partial charge in [0.25, 0.3) is 0 Å². The molecule has 0 spiro atoms. The van der Waals surface area contributed by atoms with Crippen molar-refractivity contribution < 1.29 is 4.79 Å². The van der Waals surface area contributed by atoms with E-state index in [0.29, 0.717) is 12.6 Å². The Bertz CT molecular complexity index is 247. The maximum absolute atomic E-state index is 11.9. The zero-order valence-corrected chi connectivity index (χ0v) is 11.0.